The van der Waals surface area contributed by atoms with Crippen LogP contribution >= 0.6 is 0 Å². The lowest BCUT2D eigenvalue weighted by atomic mass is 10.2. The van der Waals surface area contributed by atoms with Gasteiger partial charge in [-0.15, -0.1) is 0 Å². The van der Waals surface area contributed by atoms with E-state index < -0.39 is 0 Å². The molecule has 3 nitrogen and oxygen atoms in total. The molecule has 0 heterocycles. The van der Waals surface area contributed by atoms with Crippen LogP contribution < -0.4 is 10.2 Å². The summed E-state index contributed by atoms with van der Waals surface area (Å²) < 4.78 is 5.87. The van der Waals surface area contributed by atoms with E-state index in [0.29, 0.717) is 0 Å². The van der Waals surface area contributed by atoms with Crippen molar-refractivity contribution in [2.24, 2.45) is 5.10 Å². The van der Waals surface area contributed by atoms with Crippen LogP contribution in [0.25, 0.3) is 0 Å². The number of hydrazone groups is 1. The second-order valence-electron chi connectivity index (χ2n) is 5.18. The molecule has 116 valence electrons. The summed E-state index contributed by atoms with van der Waals surface area (Å²) in [6.07, 6.45) is 6.64. The fraction of sp³-hybridized carbons (Fsp3) is 0.316. The van der Waals surface area contributed by atoms with Crippen LogP contribution in [0.4, 0.5) is 5.69 Å². The normalized spacial score (nSPS) is 10.8. The molecule has 0 bridgehead atoms. The van der Waals surface area contributed by atoms with E-state index >= 15 is 0 Å². The number of hydrogen-bond donors (Lipinski definition) is 1. The lowest BCUT2D eigenvalue weighted by Gasteiger charge is -2.08. The van der Waals surface area contributed by atoms with Crippen LogP contribution in [-0.4, -0.2) is 12.8 Å². The zero-order chi connectivity index (χ0) is 15.5. The van der Waals surface area contributed by atoms with Crippen LogP contribution in [0.5, 0.6) is 5.75 Å². The number of anilines is 1. The zero-order valence-corrected chi connectivity index (χ0v) is 13.2. The molecule has 0 unspecified atom stereocenters. The summed E-state index contributed by atoms with van der Waals surface area (Å²) in [5.74, 6) is 0.887. The van der Waals surface area contributed by atoms with Crippen molar-refractivity contribution in [2.45, 2.75) is 32.6 Å². The van der Waals surface area contributed by atoms with Gasteiger partial charge < -0.3 is 4.74 Å². The maximum absolute atomic E-state index is 5.87. The lowest BCUT2D eigenvalue weighted by molar-refractivity contribution is 0.304. The maximum Gasteiger partial charge on any atom is 0.128 e. The van der Waals surface area contributed by atoms with Crippen LogP contribution in [0.1, 0.15) is 38.2 Å². The molecule has 0 aliphatic carbocycles. The molecule has 2 aromatic rings. The molecule has 0 amide bonds. The molecule has 2 aromatic carbocycles. The Morgan fingerprint density at radius 2 is 1.73 bits per heavy atom. The van der Waals surface area contributed by atoms with Gasteiger partial charge in [0.15, 0.2) is 0 Å². The Morgan fingerprint density at radius 1 is 0.955 bits per heavy atom. The summed E-state index contributed by atoms with van der Waals surface area (Å²) >= 11 is 0. The monoisotopic (exact) mass is 296 g/mol. The van der Waals surface area contributed by atoms with E-state index in [0.717, 1.165) is 30.0 Å². The predicted octanol–water partition coefficient (Wildman–Crippen LogP) is 5.09. The van der Waals surface area contributed by atoms with Crippen LogP contribution in [0, 0.1) is 0 Å². The van der Waals surface area contributed by atoms with Crippen molar-refractivity contribution >= 4 is 11.9 Å². The van der Waals surface area contributed by atoms with E-state index in [9.17, 15) is 0 Å². The van der Waals surface area contributed by atoms with Crippen molar-refractivity contribution in [3.8, 4) is 5.75 Å². The van der Waals surface area contributed by atoms with Gasteiger partial charge in [-0.1, -0.05) is 56.5 Å². The minimum atomic E-state index is 0.761. The topological polar surface area (TPSA) is 33.6 Å². The fourth-order valence-corrected chi connectivity index (χ4v) is 2.12. The summed E-state index contributed by atoms with van der Waals surface area (Å²) in [4.78, 5) is 0. The highest BCUT2D eigenvalue weighted by atomic mass is 16.5. The molecule has 0 fully saturated rings. The molecule has 22 heavy (non-hydrogen) atoms. The summed E-state index contributed by atoms with van der Waals surface area (Å²) in [7, 11) is 0. The van der Waals surface area contributed by atoms with Crippen molar-refractivity contribution in [1.29, 1.82) is 0 Å². The Bertz CT molecular complexity index is 567. The van der Waals surface area contributed by atoms with E-state index in [-0.39, 0.29) is 0 Å². The predicted molar refractivity (Wildman–Crippen MR) is 93.7 cm³/mol. The molecule has 0 spiro atoms. The molecule has 0 atom stereocenters. The molecule has 0 aliphatic heterocycles. The van der Waals surface area contributed by atoms with Gasteiger partial charge in [-0.3, -0.25) is 5.43 Å². The van der Waals surface area contributed by atoms with Gasteiger partial charge in [0.1, 0.15) is 5.75 Å². The van der Waals surface area contributed by atoms with E-state index in [4.69, 9.17) is 4.74 Å². The number of para-hydroxylation sites is 2. The smallest absolute Gasteiger partial charge is 0.128 e. The van der Waals surface area contributed by atoms with Gasteiger partial charge in [0.25, 0.3) is 0 Å². The summed E-state index contributed by atoms with van der Waals surface area (Å²) in [5, 5.41) is 4.28. The van der Waals surface area contributed by atoms with Crippen LogP contribution in [0.2, 0.25) is 0 Å². The van der Waals surface area contributed by atoms with Crippen LogP contribution in [-0.2, 0) is 0 Å². The first kappa shape index (κ1) is 16.1. The summed E-state index contributed by atoms with van der Waals surface area (Å²) in [6, 6.07) is 17.9. The number of nitrogens with one attached hydrogen (secondary N) is 1. The Hall–Kier alpha value is -2.29. The van der Waals surface area contributed by atoms with E-state index in [1.807, 2.05) is 54.6 Å². The molecule has 0 aromatic heterocycles. The highest BCUT2D eigenvalue weighted by Crippen LogP contribution is 2.16. The van der Waals surface area contributed by atoms with E-state index in [1.165, 1.54) is 19.3 Å². The molecular formula is C19H24N2O. The molecule has 0 saturated carbocycles. The Balaban J connectivity index is 1.87. The van der Waals surface area contributed by atoms with Crippen molar-refractivity contribution in [1.82, 2.24) is 0 Å². The average molecular weight is 296 g/mol. The van der Waals surface area contributed by atoms with Gasteiger partial charge >= 0.3 is 0 Å². The van der Waals surface area contributed by atoms with Crippen LogP contribution in [0.15, 0.2) is 59.7 Å². The quantitative estimate of drug-likeness (QED) is 0.397. The van der Waals surface area contributed by atoms with Gasteiger partial charge in [0, 0.05) is 5.56 Å². The molecular weight excluding hydrogens is 272 g/mol. The van der Waals surface area contributed by atoms with Crippen molar-refractivity contribution in [3.05, 3.63) is 60.2 Å². The first-order chi connectivity index (χ1) is 10.9. The zero-order valence-electron chi connectivity index (χ0n) is 13.2. The third kappa shape index (κ3) is 5.60. The molecule has 0 radical (unpaired) electrons. The van der Waals surface area contributed by atoms with Crippen molar-refractivity contribution in [2.75, 3.05) is 12.0 Å². The first-order valence-corrected chi connectivity index (χ1v) is 7.96. The second-order valence-corrected chi connectivity index (χ2v) is 5.18. The Labute approximate surface area is 133 Å². The highest BCUT2D eigenvalue weighted by Gasteiger charge is 2.00. The standard InChI is InChI=1S/C19H24N2O/c1-2-3-4-10-15-22-19-14-9-8-11-17(19)16-20-21-18-12-6-5-7-13-18/h5-9,11-14,16,21H,2-4,10,15H2,1H3/b20-16+. The van der Waals surface area contributed by atoms with Gasteiger partial charge in [-0.25, -0.2) is 0 Å². The van der Waals surface area contributed by atoms with Gasteiger partial charge in [0.2, 0.25) is 0 Å². The van der Waals surface area contributed by atoms with E-state index in [2.05, 4.69) is 17.5 Å². The van der Waals surface area contributed by atoms with Gasteiger partial charge in [0.05, 0.1) is 18.5 Å². The van der Waals surface area contributed by atoms with Crippen molar-refractivity contribution in [3.63, 3.8) is 0 Å². The van der Waals surface area contributed by atoms with E-state index in [1.54, 1.807) is 6.21 Å². The Kier molecular flexibility index (Phi) is 7.03. The lowest BCUT2D eigenvalue weighted by Crippen LogP contribution is -2.00. The number of nitrogens with zero attached hydrogens (tertiary/aromatic N) is 1. The highest BCUT2D eigenvalue weighted by molar-refractivity contribution is 5.83. The number of unbranched alkanes of at least 4 members (excludes halogenated alkanes) is 3. The van der Waals surface area contributed by atoms with Crippen LogP contribution in [0.3, 0.4) is 0 Å². The average Bonchev–Trinajstić information content (AvgIpc) is 2.57. The number of rotatable bonds is 9. The SMILES string of the molecule is CCCCCCOc1ccccc1/C=N/Nc1ccccc1. The van der Waals surface area contributed by atoms with Crippen molar-refractivity contribution < 1.29 is 4.74 Å². The molecule has 0 saturated heterocycles. The number of benzene rings is 2. The molecule has 2 rings (SSSR count). The largest absolute Gasteiger partial charge is 0.493 e. The summed E-state index contributed by atoms with van der Waals surface area (Å²) in [5.41, 5.74) is 4.97. The third-order valence-electron chi connectivity index (χ3n) is 3.35. The summed E-state index contributed by atoms with van der Waals surface area (Å²) in [6.45, 7) is 2.98. The fourth-order valence-electron chi connectivity index (χ4n) is 2.12. The third-order valence-corrected chi connectivity index (χ3v) is 3.35. The number of hydrogen-bond acceptors (Lipinski definition) is 3. The van der Waals surface area contributed by atoms with Gasteiger partial charge in [-0.05, 0) is 30.7 Å². The number of ether oxygens (including phenoxy) is 1. The molecule has 0 aliphatic rings. The molecule has 3 heteroatoms. The van der Waals surface area contributed by atoms with Gasteiger partial charge in [-0.2, -0.15) is 5.10 Å². The molecule has 1 N–H and O–H groups in total. The minimum absolute atomic E-state index is 0.761. The Morgan fingerprint density at radius 3 is 2.55 bits per heavy atom. The maximum atomic E-state index is 5.87. The minimum Gasteiger partial charge on any atom is -0.493 e. The first-order valence-electron chi connectivity index (χ1n) is 7.96. The second kappa shape index (κ2) is 9.61.